The van der Waals surface area contributed by atoms with Crippen molar-refractivity contribution in [3.63, 3.8) is 0 Å². The fraction of sp³-hybridized carbons (Fsp3) is 0.824. The first-order chi connectivity index (χ1) is 10.9. The van der Waals surface area contributed by atoms with E-state index in [-0.39, 0.29) is 24.5 Å². The third-order valence-corrected chi connectivity index (χ3v) is 5.70. The average molecular weight is 318 g/mol. The number of ether oxygens (including phenoxy) is 1. The van der Waals surface area contributed by atoms with Crippen LogP contribution >= 0.6 is 0 Å². The lowest BCUT2D eigenvalue weighted by atomic mass is 9.84. The molecule has 3 heterocycles. The molecule has 6 heteroatoms. The van der Waals surface area contributed by atoms with Gasteiger partial charge in [0, 0.05) is 12.5 Å². The molecule has 3 fully saturated rings. The van der Waals surface area contributed by atoms with Gasteiger partial charge >= 0.3 is 7.12 Å². The molecule has 0 unspecified atom stereocenters. The van der Waals surface area contributed by atoms with E-state index in [9.17, 15) is 0 Å². The van der Waals surface area contributed by atoms with Gasteiger partial charge in [-0.15, -0.1) is 0 Å². The van der Waals surface area contributed by atoms with Crippen molar-refractivity contribution >= 4 is 12.7 Å². The molecule has 0 amide bonds. The smallest absolute Gasteiger partial charge is 0.398 e. The summed E-state index contributed by atoms with van der Waals surface area (Å²) in [6.45, 7) is 9.17. The molecule has 2 aliphatic heterocycles. The molecule has 3 aliphatic rings. The Morgan fingerprint density at radius 1 is 1.09 bits per heavy atom. The summed E-state index contributed by atoms with van der Waals surface area (Å²) in [5.74, 6) is 0.612. The minimum absolute atomic E-state index is 0.0188. The molecule has 0 radical (unpaired) electrons. The normalized spacial score (nSPS) is 29.9. The largest absolute Gasteiger partial charge is 0.514 e. The van der Waals surface area contributed by atoms with Crippen molar-refractivity contribution in [2.75, 3.05) is 6.61 Å². The van der Waals surface area contributed by atoms with Crippen LogP contribution < -0.4 is 5.59 Å². The van der Waals surface area contributed by atoms with Crippen LogP contribution in [0.3, 0.4) is 0 Å². The maximum Gasteiger partial charge on any atom is 0.514 e. The zero-order chi connectivity index (χ0) is 16.2. The molecular formula is C17H27BN2O3. The van der Waals surface area contributed by atoms with Gasteiger partial charge in [0.25, 0.3) is 0 Å². The number of rotatable bonds is 3. The molecule has 1 aromatic rings. The predicted molar refractivity (Wildman–Crippen MR) is 88.8 cm³/mol. The summed E-state index contributed by atoms with van der Waals surface area (Å²) < 4.78 is 20.5. The molecule has 0 N–H and O–H groups in total. The lowest BCUT2D eigenvalue weighted by Crippen LogP contribution is -2.42. The van der Waals surface area contributed by atoms with Gasteiger partial charge in [0.1, 0.15) is 6.23 Å². The first-order valence-electron chi connectivity index (χ1n) is 8.94. The van der Waals surface area contributed by atoms with Gasteiger partial charge in [0.05, 0.1) is 22.5 Å². The number of hydrogen-bond acceptors (Lipinski definition) is 4. The zero-order valence-corrected chi connectivity index (χ0v) is 14.7. The van der Waals surface area contributed by atoms with Crippen LogP contribution in [-0.4, -0.2) is 34.7 Å². The van der Waals surface area contributed by atoms with Gasteiger partial charge in [-0.05, 0) is 65.9 Å². The molecule has 1 aliphatic carbocycles. The van der Waals surface area contributed by atoms with Crippen molar-refractivity contribution in [3.8, 4) is 0 Å². The van der Waals surface area contributed by atoms with E-state index in [1.54, 1.807) is 0 Å². The Labute approximate surface area is 138 Å². The Balaban J connectivity index is 1.67. The Bertz CT molecular complexity index is 573. The second-order valence-corrected chi connectivity index (χ2v) is 8.12. The van der Waals surface area contributed by atoms with E-state index in [0.717, 1.165) is 25.0 Å². The summed E-state index contributed by atoms with van der Waals surface area (Å²) in [7, 11) is -0.370. The fourth-order valence-electron chi connectivity index (χ4n) is 3.29. The Hall–Kier alpha value is -0.845. The summed E-state index contributed by atoms with van der Waals surface area (Å²) in [4.78, 5) is 0. The summed E-state index contributed by atoms with van der Waals surface area (Å²) in [5.41, 5.74) is 1.51. The van der Waals surface area contributed by atoms with E-state index in [1.807, 2.05) is 4.68 Å². The van der Waals surface area contributed by atoms with Gasteiger partial charge in [-0.1, -0.05) is 0 Å². The Kier molecular flexibility index (Phi) is 3.63. The monoisotopic (exact) mass is 318 g/mol. The molecule has 0 aromatic carbocycles. The van der Waals surface area contributed by atoms with Gasteiger partial charge < -0.3 is 14.0 Å². The Morgan fingerprint density at radius 2 is 1.78 bits per heavy atom. The molecular weight excluding hydrogens is 291 g/mol. The molecule has 1 aromatic heterocycles. The average Bonchev–Trinajstić information content (AvgIpc) is 3.20. The molecule has 126 valence electrons. The highest BCUT2D eigenvalue weighted by Crippen LogP contribution is 2.40. The second kappa shape index (κ2) is 5.33. The van der Waals surface area contributed by atoms with E-state index >= 15 is 0 Å². The summed E-state index contributed by atoms with van der Waals surface area (Å²) in [6.07, 6.45) is 5.84. The minimum atomic E-state index is -0.370. The highest BCUT2D eigenvalue weighted by atomic mass is 16.7. The van der Waals surface area contributed by atoms with Crippen LogP contribution in [0.1, 0.15) is 77.6 Å². The van der Waals surface area contributed by atoms with Crippen molar-refractivity contribution in [2.45, 2.75) is 83.1 Å². The summed E-state index contributed by atoms with van der Waals surface area (Å²) >= 11 is 0. The standard InChI is InChI=1S/C17H27BN2O3/c1-16(2)17(3,4)23-18(22-16)14-11-13(12-8-9-12)19-20(14)15-7-5-6-10-21-15/h11-12,15H,5-10H2,1-4H3/t15-/m0/s1. The van der Waals surface area contributed by atoms with Crippen LogP contribution in [0.4, 0.5) is 0 Å². The highest BCUT2D eigenvalue weighted by Gasteiger charge is 2.53. The maximum absolute atomic E-state index is 6.26. The van der Waals surface area contributed by atoms with E-state index in [4.69, 9.17) is 19.1 Å². The van der Waals surface area contributed by atoms with Gasteiger partial charge in [-0.3, -0.25) is 0 Å². The van der Waals surface area contributed by atoms with Crippen LogP contribution in [0.15, 0.2) is 6.07 Å². The zero-order valence-electron chi connectivity index (χ0n) is 14.7. The van der Waals surface area contributed by atoms with Crippen LogP contribution in [-0.2, 0) is 14.0 Å². The van der Waals surface area contributed by atoms with Crippen molar-refractivity contribution in [3.05, 3.63) is 11.8 Å². The second-order valence-electron chi connectivity index (χ2n) is 8.12. The van der Waals surface area contributed by atoms with Gasteiger partial charge in [-0.2, -0.15) is 5.10 Å². The van der Waals surface area contributed by atoms with Crippen LogP contribution in [0.2, 0.25) is 0 Å². The lowest BCUT2D eigenvalue weighted by molar-refractivity contribution is -0.0381. The first-order valence-corrected chi connectivity index (χ1v) is 8.94. The van der Waals surface area contributed by atoms with Crippen LogP contribution in [0.25, 0.3) is 0 Å². The van der Waals surface area contributed by atoms with E-state index in [1.165, 1.54) is 25.0 Å². The molecule has 4 rings (SSSR count). The number of aromatic nitrogens is 2. The third-order valence-electron chi connectivity index (χ3n) is 5.70. The first kappa shape index (κ1) is 15.7. The predicted octanol–water partition coefficient (Wildman–Crippen LogP) is 2.76. The van der Waals surface area contributed by atoms with E-state index in [0.29, 0.717) is 5.92 Å². The number of nitrogens with zero attached hydrogens (tertiary/aromatic N) is 2. The van der Waals surface area contributed by atoms with Gasteiger partial charge in [0.15, 0.2) is 0 Å². The SMILES string of the molecule is CC1(C)OB(c2cc(C3CC3)nn2[C@@H]2CCCCO2)OC1(C)C. The topological polar surface area (TPSA) is 45.5 Å². The van der Waals surface area contributed by atoms with Gasteiger partial charge in [-0.25, -0.2) is 4.68 Å². The lowest BCUT2D eigenvalue weighted by Gasteiger charge is -2.32. The number of hydrogen-bond donors (Lipinski definition) is 0. The molecule has 1 saturated carbocycles. The Morgan fingerprint density at radius 3 is 2.35 bits per heavy atom. The quantitative estimate of drug-likeness (QED) is 0.804. The third kappa shape index (κ3) is 2.75. The molecule has 5 nitrogen and oxygen atoms in total. The van der Waals surface area contributed by atoms with E-state index < -0.39 is 0 Å². The van der Waals surface area contributed by atoms with Crippen LogP contribution in [0, 0.1) is 0 Å². The van der Waals surface area contributed by atoms with Crippen molar-refractivity contribution in [1.29, 1.82) is 0 Å². The van der Waals surface area contributed by atoms with Gasteiger partial charge in [0.2, 0.25) is 0 Å². The summed E-state index contributed by atoms with van der Waals surface area (Å²) in [6, 6.07) is 2.18. The van der Waals surface area contributed by atoms with Crippen molar-refractivity contribution in [1.82, 2.24) is 9.78 Å². The highest BCUT2D eigenvalue weighted by molar-refractivity contribution is 6.61. The maximum atomic E-state index is 6.26. The van der Waals surface area contributed by atoms with Crippen molar-refractivity contribution in [2.24, 2.45) is 0 Å². The molecule has 1 atom stereocenters. The van der Waals surface area contributed by atoms with Crippen molar-refractivity contribution < 1.29 is 14.0 Å². The summed E-state index contributed by atoms with van der Waals surface area (Å²) in [5, 5.41) is 4.87. The fourth-order valence-corrected chi connectivity index (χ4v) is 3.29. The molecule has 2 saturated heterocycles. The molecule has 23 heavy (non-hydrogen) atoms. The van der Waals surface area contributed by atoms with E-state index in [2.05, 4.69) is 33.8 Å². The molecule has 0 spiro atoms. The molecule has 0 bridgehead atoms. The van der Waals surface area contributed by atoms with Crippen LogP contribution in [0.5, 0.6) is 0 Å². The minimum Gasteiger partial charge on any atom is -0.398 e.